The third-order valence-electron chi connectivity index (χ3n) is 3.55. The first-order valence-electron chi connectivity index (χ1n) is 6.12. The van der Waals surface area contributed by atoms with Crippen LogP contribution in [0.3, 0.4) is 0 Å². The summed E-state index contributed by atoms with van der Waals surface area (Å²) < 4.78 is 27.0. The lowest BCUT2D eigenvalue weighted by Gasteiger charge is -2.16. The molecule has 1 heterocycles. The van der Waals surface area contributed by atoms with E-state index in [1.807, 2.05) is 0 Å². The lowest BCUT2D eigenvalue weighted by molar-refractivity contribution is 0.508. The molecule has 0 unspecified atom stereocenters. The number of nitrogens with one attached hydrogen (secondary N) is 1. The average Bonchev–Trinajstić information content (AvgIpc) is 2.96. The standard InChI is InChI=1S/C13H14F2N2S/c14-9-4-3-5-10(15)11(9)16-12-17-13(8-18-12)6-1-2-7-13/h3-5H,1-2,6-8H2,(H,16,17). The van der Waals surface area contributed by atoms with Crippen LogP contribution in [0.5, 0.6) is 0 Å². The molecular weight excluding hydrogens is 254 g/mol. The Morgan fingerprint density at radius 2 is 1.83 bits per heavy atom. The van der Waals surface area contributed by atoms with Gasteiger partial charge in [0.1, 0.15) is 17.3 Å². The Morgan fingerprint density at radius 3 is 2.50 bits per heavy atom. The van der Waals surface area contributed by atoms with E-state index in [0.29, 0.717) is 5.17 Å². The number of para-hydroxylation sites is 1. The van der Waals surface area contributed by atoms with Crippen molar-refractivity contribution in [2.24, 2.45) is 4.99 Å². The summed E-state index contributed by atoms with van der Waals surface area (Å²) in [4.78, 5) is 4.63. The molecule has 1 fully saturated rings. The highest BCUT2D eigenvalue weighted by Gasteiger charge is 2.38. The number of rotatable bonds is 1. The predicted octanol–water partition coefficient (Wildman–Crippen LogP) is 3.79. The van der Waals surface area contributed by atoms with Gasteiger partial charge < -0.3 is 5.32 Å². The summed E-state index contributed by atoms with van der Waals surface area (Å²) in [5.74, 6) is -0.234. The Labute approximate surface area is 109 Å². The molecule has 1 spiro atoms. The van der Waals surface area contributed by atoms with Gasteiger partial charge in [-0.1, -0.05) is 30.7 Å². The highest BCUT2D eigenvalue weighted by molar-refractivity contribution is 8.14. The summed E-state index contributed by atoms with van der Waals surface area (Å²) >= 11 is 1.56. The van der Waals surface area contributed by atoms with Crippen molar-refractivity contribution in [2.45, 2.75) is 31.2 Å². The average molecular weight is 268 g/mol. The zero-order valence-corrected chi connectivity index (χ0v) is 10.7. The second kappa shape index (κ2) is 4.53. The molecule has 0 saturated heterocycles. The van der Waals surface area contributed by atoms with Crippen molar-refractivity contribution in [3.63, 3.8) is 0 Å². The number of thioether (sulfide) groups is 1. The first-order valence-corrected chi connectivity index (χ1v) is 7.11. The highest BCUT2D eigenvalue weighted by Crippen LogP contribution is 2.41. The van der Waals surface area contributed by atoms with Crippen molar-refractivity contribution >= 4 is 22.6 Å². The van der Waals surface area contributed by atoms with Gasteiger partial charge in [0.2, 0.25) is 0 Å². The second-order valence-electron chi connectivity index (χ2n) is 4.86. The molecule has 0 radical (unpaired) electrons. The molecule has 3 rings (SSSR count). The van der Waals surface area contributed by atoms with Gasteiger partial charge in [-0.05, 0) is 25.0 Å². The number of nitrogens with zero attached hydrogens (tertiary/aromatic N) is 1. The summed E-state index contributed by atoms with van der Waals surface area (Å²) in [7, 11) is 0. The van der Waals surface area contributed by atoms with E-state index in [1.54, 1.807) is 11.8 Å². The molecule has 1 aromatic rings. The molecule has 0 amide bonds. The van der Waals surface area contributed by atoms with Crippen LogP contribution in [0.25, 0.3) is 0 Å². The molecule has 0 aromatic heterocycles. The third-order valence-corrected chi connectivity index (χ3v) is 4.69. The molecule has 1 aliphatic heterocycles. The van der Waals surface area contributed by atoms with Gasteiger partial charge in [-0.25, -0.2) is 8.78 Å². The van der Waals surface area contributed by atoms with E-state index < -0.39 is 11.6 Å². The van der Waals surface area contributed by atoms with E-state index in [0.717, 1.165) is 18.6 Å². The van der Waals surface area contributed by atoms with E-state index in [2.05, 4.69) is 10.3 Å². The zero-order chi connectivity index (χ0) is 12.6. The first kappa shape index (κ1) is 12.0. The van der Waals surface area contributed by atoms with Crippen molar-refractivity contribution in [1.82, 2.24) is 0 Å². The maximum absolute atomic E-state index is 13.5. The molecule has 18 heavy (non-hydrogen) atoms. The maximum Gasteiger partial charge on any atom is 0.161 e. The normalized spacial score (nSPS) is 21.3. The smallest absolute Gasteiger partial charge is 0.161 e. The van der Waals surface area contributed by atoms with Crippen molar-refractivity contribution < 1.29 is 8.78 Å². The van der Waals surface area contributed by atoms with Crippen LogP contribution in [0.15, 0.2) is 23.2 Å². The summed E-state index contributed by atoms with van der Waals surface area (Å²) in [5, 5.41) is 3.43. The van der Waals surface area contributed by atoms with Gasteiger partial charge in [0.25, 0.3) is 0 Å². The lowest BCUT2D eigenvalue weighted by Crippen LogP contribution is -2.21. The van der Waals surface area contributed by atoms with Crippen LogP contribution >= 0.6 is 11.8 Å². The number of anilines is 1. The largest absolute Gasteiger partial charge is 0.330 e. The fraction of sp³-hybridized carbons (Fsp3) is 0.462. The summed E-state index contributed by atoms with van der Waals surface area (Å²) in [5.41, 5.74) is -0.0758. The molecule has 2 aliphatic rings. The van der Waals surface area contributed by atoms with Crippen LogP contribution in [0.2, 0.25) is 0 Å². The van der Waals surface area contributed by atoms with Crippen molar-refractivity contribution in [2.75, 3.05) is 11.1 Å². The quantitative estimate of drug-likeness (QED) is 0.838. The van der Waals surface area contributed by atoms with Gasteiger partial charge in [0.15, 0.2) is 5.17 Å². The molecule has 1 aromatic carbocycles. The van der Waals surface area contributed by atoms with E-state index in [1.165, 1.54) is 31.0 Å². The monoisotopic (exact) mass is 268 g/mol. The van der Waals surface area contributed by atoms with Crippen LogP contribution in [0, 0.1) is 11.6 Å². The SMILES string of the molecule is Fc1cccc(F)c1NC1=NC2(CCCC2)CS1. The molecule has 96 valence electrons. The summed E-state index contributed by atoms with van der Waals surface area (Å²) in [6.07, 6.45) is 4.58. The van der Waals surface area contributed by atoms with E-state index in [9.17, 15) is 8.78 Å². The Hall–Kier alpha value is -1.10. The van der Waals surface area contributed by atoms with Crippen molar-refractivity contribution in [3.05, 3.63) is 29.8 Å². The molecular formula is C13H14F2N2S. The van der Waals surface area contributed by atoms with Crippen molar-refractivity contribution in [1.29, 1.82) is 0 Å². The number of amidine groups is 1. The number of aliphatic imine (C=N–C) groups is 1. The molecule has 0 atom stereocenters. The van der Waals surface area contributed by atoms with Gasteiger partial charge in [-0.2, -0.15) is 0 Å². The molecule has 1 N–H and O–H groups in total. The zero-order valence-electron chi connectivity index (χ0n) is 9.88. The fourth-order valence-electron chi connectivity index (χ4n) is 2.56. The predicted molar refractivity (Wildman–Crippen MR) is 71.1 cm³/mol. The lowest BCUT2D eigenvalue weighted by atomic mass is 10.0. The first-order chi connectivity index (χ1) is 8.69. The number of halogens is 2. The van der Waals surface area contributed by atoms with E-state index >= 15 is 0 Å². The molecule has 1 aliphatic carbocycles. The van der Waals surface area contributed by atoms with E-state index in [4.69, 9.17) is 0 Å². The number of benzene rings is 1. The molecule has 2 nitrogen and oxygen atoms in total. The van der Waals surface area contributed by atoms with Gasteiger partial charge >= 0.3 is 0 Å². The summed E-state index contributed by atoms with van der Waals surface area (Å²) in [6.45, 7) is 0. The topological polar surface area (TPSA) is 24.4 Å². The minimum atomic E-state index is -0.578. The van der Waals surface area contributed by atoms with Crippen molar-refractivity contribution in [3.8, 4) is 0 Å². The van der Waals surface area contributed by atoms with Crippen LogP contribution in [0.4, 0.5) is 14.5 Å². The summed E-state index contributed by atoms with van der Waals surface area (Å²) in [6, 6.07) is 3.85. The second-order valence-corrected chi connectivity index (χ2v) is 5.82. The minimum absolute atomic E-state index is 0.0226. The van der Waals surface area contributed by atoms with Gasteiger partial charge in [-0.3, -0.25) is 4.99 Å². The minimum Gasteiger partial charge on any atom is -0.330 e. The van der Waals surface area contributed by atoms with Crippen LogP contribution < -0.4 is 5.32 Å². The van der Waals surface area contributed by atoms with E-state index in [-0.39, 0.29) is 11.2 Å². The Kier molecular flexibility index (Phi) is 3.01. The Morgan fingerprint density at radius 1 is 1.17 bits per heavy atom. The van der Waals surface area contributed by atoms with Gasteiger partial charge in [0.05, 0.1) is 5.54 Å². The third kappa shape index (κ3) is 2.11. The molecule has 5 heteroatoms. The fourth-order valence-corrected chi connectivity index (χ4v) is 3.75. The highest BCUT2D eigenvalue weighted by atomic mass is 32.2. The Balaban J connectivity index is 1.81. The van der Waals surface area contributed by atoms with Crippen LogP contribution in [-0.2, 0) is 0 Å². The number of hydrogen-bond donors (Lipinski definition) is 1. The molecule has 1 saturated carbocycles. The van der Waals surface area contributed by atoms with Gasteiger partial charge in [-0.15, -0.1) is 0 Å². The number of hydrogen-bond acceptors (Lipinski definition) is 3. The van der Waals surface area contributed by atoms with Crippen LogP contribution in [0.1, 0.15) is 25.7 Å². The molecule has 0 bridgehead atoms. The maximum atomic E-state index is 13.5. The Bertz CT molecular complexity index is 476. The van der Waals surface area contributed by atoms with Crippen LogP contribution in [-0.4, -0.2) is 16.5 Å². The van der Waals surface area contributed by atoms with Gasteiger partial charge in [0, 0.05) is 5.75 Å².